The van der Waals surface area contributed by atoms with E-state index in [-0.39, 0.29) is 28.5 Å². The number of hydrogen-bond donors (Lipinski definition) is 2. The third-order valence-corrected chi connectivity index (χ3v) is 4.04. The second-order valence-electron chi connectivity index (χ2n) is 7.60. The lowest BCUT2D eigenvalue weighted by atomic mass is 9.63. The standard InChI is InChI=1S/C17H25NO2/c1-16(2)9-12(10-17(3,4)11-16)18-15(20)13-7-5-6-8-14(13)19/h5-8,12,19H,9-11H2,1-4H3,(H,18,20). The van der Waals surface area contributed by atoms with Gasteiger partial charge in [-0.15, -0.1) is 0 Å². The van der Waals surface area contributed by atoms with Crippen LogP contribution in [0.3, 0.4) is 0 Å². The lowest BCUT2D eigenvalue weighted by Crippen LogP contribution is -2.46. The second kappa shape index (κ2) is 5.12. The highest BCUT2D eigenvalue weighted by molar-refractivity contribution is 5.96. The molecule has 1 aromatic carbocycles. The highest BCUT2D eigenvalue weighted by Crippen LogP contribution is 2.45. The molecule has 20 heavy (non-hydrogen) atoms. The Morgan fingerprint density at radius 1 is 1.15 bits per heavy atom. The molecule has 3 nitrogen and oxygen atoms in total. The number of hydrogen-bond acceptors (Lipinski definition) is 2. The average molecular weight is 275 g/mol. The van der Waals surface area contributed by atoms with Crippen LogP contribution in [0.15, 0.2) is 24.3 Å². The van der Waals surface area contributed by atoms with Gasteiger partial charge in [-0.1, -0.05) is 39.8 Å². The molecular weight excluding hydrogens is 250 g/mol. The Labute approximate surface area is 121 Å². The van der Waals surface area contributed by atoms with Crippen molar-refractivity contribution in [3.05, 3.63) is 29.8 Å². The van der Waals surface area contributed by atoms with Crippen LogP contribution in [0.25, 0.3) is 0 Å². The van der Waals surface area contributed by atoms with Gasteiger partial charge in [0.05, 0.1) is 5.56 Å². The average Bonchev–Trinajstić information content (AvgIpc) is 2.24. The van der Waals surface area contributed by atoms with Crippen LogP contribution in [0.4, 0.5) is 0 Å². The zero-order chi connectivity index (χ0) is 15.0. The number of phenolic OH excluding ortho intramolecular Hbond substituents is 1. The molecular formula is C17H25NO2. The number of nitrogens with one attached hydrogen (secondary N) is 1. The van der Waals surface area contributed by atoms with Crippen molar-refractivity contribution in [2.45, 2.75) is 53.0 Å². The van der Waals surface area contributed by atoms with Gasteiger partial charge in [-0.3, -0.25) is 4.79 Å². The molecule has 2 rings (SSSR count). The minimum atomic E-state index is -0.179. The first-order valence-electron chi connectivity index (χ1n) is 7.27. The fourth-order valence-corrected chi connectivity index (χ4v) is 3.88. The molecule has 0 bridgehead atoms. The molecule has 3 heteroatoms. The predicted molar refractivity (Wildman–Crippen MR) is 80.8 cm³/mol. The summed E-state index contributed by atoms with van der Waals surface area (Å²) in [5.41, 5.74) is 0.824. The molecule has 2 N–H and O–H groups in total. The summed E-state index contributed by atoms with van der Waals surface area (Å²) in [4.78, 5) is 12.3. The summed E-state index contributed by atoms with van der Waals surface area (Å²) >= 11 is 0. The van der Waals surface area contributed by atoms with Gasteiger partial charge in [0.2, 0.25) is 0 Å². The number of benzene rings is 1. The first-order chi connectivity index (χ1) is 9.19. The van der Waals surface area contributed by atoms with Crippen molar-refractivity contribution in [1.82, 2.24) is 5.32 Å². The lowest BCUT2D eigenvalue weighted by Gasteiger charge is -2.45. The van der Waals surface area contributed by atoms with E-state index in [1.807, 2.05) is 0 Å². The molecule has 1 fully saturated rings. The number of amides is 1. The normalized spacial score (nSPS) is 21.4. The van der Waals surface area contributed by atoms with Gasteiger partial charge in [-0.25, -0.2) is 0 Å². The Morgan fingerprint density at radius 2 is 1.70 bits per heavy atom. The zero-order valence-electron chi connectivity index (χ0n) is 12.9. The summed E-state index contributed by atoms with van der Waals surface area (Å²) < 4.78 is 0. The van der Waals surface area contributed by atoms with Gasteiger partial charge in [0.1, 0.15) is 5.75 Å². The molecule has 1 aliphatic rings. The summed E-state index contributed by atoms with van der Waals surface area (Å²) in [6.45, 7) is 9.03. The summed E-state index contributed by atoms with van der Waals surface area (Å²) in [6, 6.07) is 6.86. The predicted octanol–water partition coefficient (Wildman–Crippen LogP) is 3.73. The quantitative estimate of drug-likeness (QED) is 0.864. The van der Waals surface area contributed by atoms with Crippen LogP contribution in [0.1, 0.15) is 57.3 Å². The van der Waals surface area contributed by atoms with Crippen LogP contribution < -0.4 is 5.32 Å². The first kappa shape index (κ1) is 14.9. The van der Waals surface area contributed by atoms with Gasteiger partial charge in [0.25, 0.3) is 5.91 Å². The van der Waals surface area contributed by atoms with Crippen molar-refractivity contribution in [3.8, 4) is 5.75 Å². The van der Waals surface area contributed by atoms with E-state index in [4.69, 9.17) is 0 Å². The van der Waals surface area contributed by atoms with Gasteiger partial charge in [-0.2, -0.15) is 0 Å². The first-order valence-corrected chi connectivity index (χ1v) is 7.27. The monoisotopic (exact) mass is 275 g/mol. The van der Waals surface area contributed by atoms with Gasteiger partial charge in [0, 0.05) is 6.04 Å². The molecule has 0 radical (unpaired) electrons. The number of aromatic hydroxyl groups is 1. The van der Waals surface area contributed by atoms with Crippen LogP contribution in [0.2, 0.25) is 0 Å². The number of phenols is 1. The van der Waals surface area contributed by atoms with Crippen LogP contribution in [0, 0.1) is 10.8 Å². The van der Waals surface area contributed by atoms with Gasteiger partial charge in [0.15, 0.2) is 0 Å². The molecule has 1 amide bonds. The third kappa shape index (κ3) is 3.53. The molecule has 0 spiro atoms. The van der Waals surface area contributed by atoms with Crippen molar-refractivity contribution in [3.63, 3.8) is 0 Å². The van der Waals surface area contributed by atoms with E-state index in [0.29, 0.717) is 5.56 Å². The fraction of sp³-hybridized carbons (Fsp3) is 0.588. The Morgan fingerprint density at radius 3 is 2.25 bits per heavy atom. The van der Waals surface area contributed by atoms with Crippen molar-refractivity contribution >= 4 is 5.91 Å². The number of para-hydroxylation sites is 1. The minimum absolute atomic E-state index is 0.0410. The molecule has 0 heterocycles. The van der Waals surface area contributed by atoms with E-state index in [0.717, 1.165) is 12.8 Å². The number of carbonyl (C=O) groups is 1. The maximum absolute atomic E-state index is 12.3. The van der Waals surface area contributed by atoms with Crippen molar-refractivity contribution < 1.29 is 9.90 Å². The maximum Gasteiger partial charge on any atom is 0.255 e. The lowest BCUT2D eigenvalue weighted by molar-refractivity contribution is 0.0712. The van der Waals surface area contributed by atoms with E-state index in [1.165, 1.54) is 6.42 Å². The van der Waals surface area contributed by atoms with Crippen LogP contribution in [-0.2, 0) is 0 Å². The number of carbonyl (C=O) groups excluding carboxylic acids is 1. The van der Waals surface area contributed by atoms with Gasteiger partial charge < -0.3 is 10.4 Å². The van der Waals surface area contributed by atoms with Gasteiger partial charge >= 0.3 is 0 Å². The Kier molecular flexibility index (Phi) is 3.81. The van der Waals surface area contributed by atoms with E-state index in [1.54, 1.807) is 24.3 Å². The zero-order valence-corrected chi connectivity index (χ0v) is 12.9. The van der Waals surface area contributed by atoms with Crippen molar-refractivity contribution in [2.75, 3.05) is 0 Å². The second-order valence-corrected chi connectivity index (χ2v) is 7.60. The summed E-state index contributed by atoms with van der Waals surface area (Å²) in [7, 11) is 0. The highest BCUT2D eigenvalue weighted by atomic mass is 16.3. The summed E-state index contributed by atoms with van der Waals surface area (Å²) in [6.07, 6.45) is 3.13. The van der Waals surface area contributed by atoms with Crippen LogP contribution in [-0.4, -0.2) is 17.1 Å². The fourth-order valence-electron chi connectivity index (χ4n) is 3.88. The Bertz CT molecular complexity index is 489. The molecule has 1 aromatic rings. The smallest absolute Gasteiger partial charge is 0.255 e. The largest absolute Gasteiger partial charge is 0.507 e. The summed E-state index contributed by atoms with van der Waals surface area (Å²) in [5.74, 6) is -0.138. The molecule has 0 unspecified atom stereocenters. The molecule has 0 aromatic heterocycles. The molecule has 0 saturated heterocycles. The minimum Gasteiger partial charge on any atom is -0.507 e. The summed E-state index contributed by atoms with van der Waals surface area (Å²) in [5, 5.41) is 12.8. The molecule has 1 aliphatic carbocycles. The third-order valence-electron chi connectivity index (χ3n) is 4.04. The molecule has 1 saturated carbocycles. The Balaban J connectivity index is 2.10. The van der Waals surface area contributed by atoms with Crippen molar-refractivity contribution in [1.29, 1.82) is 0 Å². The Hall–Kier alpha value is -1.51. The van der Waals surface area contributed by atoms with Crippen molar-refractivity contribution in [2.24, 2.45) is 10.8 Å². The van der Waals surface area contributed by atoms with Crippen LogP contribution >= 0.6 is 0 Å². The SMILES string of the molecule is CC1(C)CC(NC(=O)c2ccccc2O)CC(C)(C)C1. The van der Waals surface area contributed by atoms with E-state index >= 15 is 0 Å². The topological polar surface area (TPSA) is 49.3 Å². The van der Waals surface area contributed by atoms with E-state index < -0.39 is 0 Å². The van der Waals surface area contributed by atoms with Crippen LogP contribution in [0.5, 0.6) is 5.75 Å². The van der Waals surface area contributed by atoms with Gasteiger partial charge in [-0.05, 0) is 42.2 Å². The number of rotatable bonds is 2. The molecule has 0 aliphatic heterocycles. The highest BCUT2D eigenvalue weighted by Gasteiger charge is 2.39. The maximum atomic E-state index is 12.3. The van der Waals surface area contributed by atoms with E-state index in [9.17, 15) is 9.90 Å². The van der Waals surface area contributed by atoms with E-state index in [2.05, 4.69) is 33.0 Å². The molecule has 0 atom stereocenters. The molecule has 110 valence electrons.